The number of aryl methyl sites for hydroxylation is 2. The quantitative estimate of drug-likeness (QED) is 0.918. The summed E-state index contributed by atoms with van der Waals surface area (Å²) >= 11 is 3.42. The van der Waals surface area contributed by atoms with Crippen LogP contribution in [0.15, 0.2) is 28.7 Å². The number of halogens is 1. The Hall–Kier alpha value is -1.29. The van der Waals surface area contributed by atoms with Gasteiger partial charge in [-0.05, 0) is 47.0 Å². The fraction of sp³-hybridized carbons (Fsp3) is 0.250. The van der Waals surface area contributed by atoms with Gasteiger partial charge >= 0.3 is 0 Å². The van der Waals surface area contributed by atoms with Gasteiger partial charge in [0, 0.05) is 0 Å². The van der Waals surface area contributed by atoms with E-state index in [-0.39, 0.29) is 0 Å². The van der Waals surface area contributed by atoms with Gasteiger partial charge < -0.3 is 5.73 Å². The van der Waals surface area contributed by atoms with Crippen molar-refractivity contribution in [1.29, 1.82) is 0 Å². The second-order valence-corrected chi connectivity index (χ2v) is 4.51. The summed E-state index contributed by atoms with van der Waals surface area (Å²) in [5.74, 6) is 0.641. The predicted molar refractivity (Wildman–Crippen MR) is 69.8 cm³/mol. The number of rotatable bonds is 2. The maximum atomic E-state index is 5.96. The molecular weight excluding hydrogens is 266 g/mol. The van der Waals surface area contributed by atoms with Crippen molar-refractivity contribution in [3.8, 4) is 5.69 Å². The molecule has 0 amide bonds. The Labute approximate surface area is 103 Å². The summed E-state index contributed by atoms with van der Waals surface area (Å²) in [5.41, 5.74) is 9.16. The zero-order valence-corrected chi connectivity index (χ0v) is 11.0. The summed E-state index contributed by atoms with van der Waals surface area (Å²) < 4.78 is 2.62. The van der Waals surface area contributed by atoms with Crippen molar-refractivity contribution < 1.29 is 0 Å². The first-order valence-corrected chi connectivity index (χ1v) is 6.02. The third-order valence-corrected chi connectivity index (χ3v) is 3.59. The molecule has 2 rings (SSSR count). The molecule has 84 valence electrons. The van der Waals surface area contributed by atoms with Crippen LogP contribution in [0.1, 0.15) is 18.2 Å². The molecule has 2 aromatic rings. The van der Waals surface area contributed by atoms with Crippen LogP contribution >= 0.6 is 15.9 Å². The summed E-state index contributed by atoms with van der Waals surface area (Å²) in [4.78, 5) is 0. The third kappa shape index (κ3) is 1.85. The minimum Gasteiger partial charge on any atom is -0.383 e. The number of nitrogen functional groups attached to an aromatic ring is 1. The van der Waals surface area contributed by atoms with Gasteiger partial charge in [0.05, 0.1) is 15.9 Å². The van der Waals surface area contributed by atoms with Gasteiger partial charge in [-0.2, -0.15) is 5.10 Å². The Kier molecular flexibility index (Phi) is 3.01. The molecule has 0 atom stereocenters. The summed E-state index contributed by atoms with van der Waals surface area (Å²) in [6, 6.07) is 8.27. The fourth-order valence-electron chi connectivity index (χ4n) is 1.60. The van der Waals surface area contributed by atoms with Crippen molar-refractivity contribution in [3.05, 3.63) is 40.0 Å². The van der Waals surface area contributed by atoms with Crippen molar-refractivity contribution >= 4 is 21.7 Å². The van der Waals surface area contributed by atoms with Crippen LogP contribution in [0.3, 0.4) is 0 Å². The Morgan fingerprint density at radius 2 is 1.94 bits per heavy atom. The van der Waals surface area contributed by atoms with Gasteiger partial charge in [0.15, 0.2) is 0 Å². The van der Waals surface area contributed by atoms with Crippen LogP contribution in [0, 0.1) is 6.92 Å². The van der Waals surface area contributed by atoms with Gasteiger partial charge in [-0.25, -0.2) is 4.68 Å². The normalized spacial score (nSPS) is 10.7. The smallest absolute Gasteiger partial charge is 0.141 e. The molecule has 4 heteroatoms. The number of aromatic nitrogens is 2. The number of hydrogen-bond donors (Lipinski definition) is 1. The van der Waals surface area contributed by atoms with Gasteiger partial charge in [0.2, 0.25) is 0 Å². The molecule has 0 fully saturated rings. The van der Waals surface area contributed by atoms with Gasteiger partial charge in [-0.3, -0.25) is 0 Å². The number of nitrogens with zero attached hydrogens (tertiary/aromatic N) is 2. The molecule has 3 nitrogen and oxygen atoms in total. The molecule has 0 radical (unpaired) electrons. The standard InChI is InChI=1S/C12H14BrN3/c1-3-9-4-6-10(7-5-9)16-12(14)11(13)8(2)15-16/h4-7H,3,14H2,1-2H3. The maximum absolute atomic E-state index is 5.96. The Morgan fingerprint density at radius 1 is 1.31 bits per heavy atom. The minimum absolute atomic E-state index is 0.641. The van der Waals surface area contributed by atoms with E-state index in [4.69, 9.17) is 5.73 Å². The van der Waals surface area contributed by atoms with Crippen LogP contribution in [0.4, 0.5) is 5.82 Å². The van der Waals surface area contributed by atoms with Gasteiger partial charge in [-0.15, -0.1) is 0 Å². The molecule has 2 N–H and O–H groups in total. The Morgan fingerprint density at radius 3 is 2.38 bits per heavy atom. The van der Waals surface area contributed by atoms with E-state index >= 15 is 0 Å². The van der Waals surface area contributed by atoms with E-state index in [1.54, 1.807) is 4.68 Å². The highest BCUT2D eigenvalue weighted by Gasteiger charge is 2.10. The van der Waals surface area contributed by atoms with E-state index in [1.807, 2.05) is 19.1 Å². The number of hydrogen-bond acceptors (Lipinski definition) is 2. The number of benzene rings is 1. The average molecular weight is 280 g/mol. The van der Waals surface area contributed by atoms with Crippen LogP contribution in [-0.4, -0.2) is 9.78 Å². The second kappa shape index (κ2) is 4.29. The first kappa shape index (κ1) is 11.2. The first-order valence-electron chi connectivity index (χ1n) is 5.23. The zero-order valence-electron chi connectivity index (χ0n) is 9.37. The van der Waals surface area contributed by atoms with Crippen LogP contribution in [0.2, 0.25) is 0 Å². The lowest BCUT2D eigenvalue weighted by molar-refractivity contribution is 0.871. The predicted octanol–water partition coefficient (Wildman–Crippen LogP) is 3.09. The number of nitrogens with two attached hydrogens (primary N) is 1. The van der Waals surface area contributed by atoms with E-state index in [1.165, 1.54) is 5.56 Å². The Balaban J connectivity index is 2.46. The van der Waals surface area contributed by atoms with Crippen LogP contribution in [-0.2, 0) is 6.42 Å². The fourth-order valence-corrected chi connectivity index (χ4v) is 1.84. The SMILES string of the molecule is CCc1ccc(-n2nc(C)c(Br)c2N)cc1. The van der Waals surface area contributed by atoms with Crippen molar-refractivity contribution in [3.63, 3.8) is 0 Å². The highest BCUT2D eigenvalue weighted by Crippen LogP contribution is 2.25. The summed E-state index contributed by atoms with van der Waals surface area (Å²) in [6.45, 7) is 4.06. The molecule has 1 aromatic carbocycles. The van der Waals surface area contributed by atoms with E-state index < -0.39 is 0 Å². The third-order valence-electron chi connectivity index (χ3n) is 2.61. The second-order valence-electron chi connectivity index (χ2n) is 3.72. The lowest BCUT2D eigenvalue weighted by Crippen LogP contribution is -2.01. The highest BCUT2D eigenvalue weighted by atomic mass is 79.9. The van der Waals surface area contributed by atoms with Gasteiger partial charge in [0.1, 0.15) is 5.82 Å². The maximum Gasteiger partial charge on any atom is 0.141 e. The molecule has 0 aliphatic rings. The van der Waals surface area contributed by atoms with Gasteiger partial charge in [0.25, 0.3) is 0 Å². The number of anilines is 1. The highest BCUT2D eigenvalue weighted by molar-refractivity contribution is 9.10. The van der Waals surface area contributed by atoms with Crippen molar-refractivity contribution in [2.45, 2.75) is 20.3 Å². The zero-order chi connectivity index (χ0) is 11.7. The molecule has 0 saturated heterocycles. The molecule has 0 spiro atoms. The summed E-state index contributed by atoms with van der Waals surface area (Å²) in [7, 11) is 0. The van der Waals surface area contributed by atoms with E-state index in [0.717, 1.165) is 22.3 Å². The van der Waals surface area contributed by atoms with Crippen molar-refractivity contribution in [2.24, 2.45) is 0 Å². The topological polar surface area (TPSA) is 43.8 Å². The lowest BCUT2D eigenvalue weighted by atomic mass is 10.1. The lowest BCUT2D eigenvalue weighted by Gasteiger charge is -2.04. The largest absolute Gasteiger partial charge is 0.383 e. The molecule has 16 heavy (non-hydrogen) atoms. The van der Waals surface area contributed by atoms with Crippen molar-refractivity contribution in [2.75, 3.05) is 5.73 Å². The molecule has 0 bridgehead atoms. The molecule has 0 unspecified atom stereocenters. The molecule has 0 aliphatic heterocycles. The molecule has 0 saturated carbocycles. The molecule has 1 heterocycles. The van der Waals surface area contributed by atoms with Crippen LogP contribution in [0.5, 0.6) is 0 Å². The van der Waals surface area contributed by atoms with Crippen molar-refractivity contribution in [1.82, 2.24) is 9.78 Å². The average Bonchev–Trinajstić information content (AvgIpc) is 2.57. The minimum atomic E-state index is 0.641. The van der Waals surface area contributed by atoms with Gasteiger partial charge in [-0.1, -0.05) is 19.1 Å². The molecule has 1 aromatic heterocycles. The first-order chi connectivity index (χ1) is 7.63. The molecule has 0 aliphatic carbocycles. The van der Waals surface area contributed by atoms with Crippen LogP contribution < -0.4 is 5.73 Å². The Bertz CT molecular complexity index is 500. The summed E-state index contributed by atoms with van der Waals surface area (Å²) in [5, 5.41) is 4.38. The summed E-state index contributed by atoms with van der Waals surface area (Å²) in [6.07, 6.45) is 1.04. The van der Waals surface area contributed by atoms with Crippen LogP contribution in [0.25, 0.3) is 5.69 Å². The van der Waals surface area contributed by atoms with E-state index in [0.29, 0.717) is 5.82 Å². The van der Waals surface area contributed by atoms with E-state index in [9.17, 15) is 0 Å². The van der Waals surface area contributed by atoms with E-state index in [2.05, 4.69) is 40.1 Å². The monoisotopic (exact) mass is 279 g/mol. The molecular formula is C12H14BrN3.